The van der Waals surface area contributed by atoms with Crippen LogP contribution in [0.5, 0.6) is 11.5 Å². The molecule has 2 aliphatic rings. The fraction of sp³-hybridized carbons (Fsp3) is 0.217. The van der Waals surface area contributed by atoms with Crippen molar-refractivity contribution < 1.29 is 14.3 Å². The number of benzene rings is 2. The molecule has 32 heavy (non-hydrogen) atoms. The number of carbonyl (C=O) groups is 1. The standard InChI is InChI=1S/C23H20N6O3/c1-31-13-4-6-17-15(8-13)23(22(30)26-17)9-16(23)12-3-5-14-18(7-12)28-29-20(14)27-21-19(32-2)10-24-11-25-21/h3-8,10-11,16H,9H2,1-2H3,(H,26,30)(H2,24,25,27,28,29)/t16-,23-/m0/s1. The lowest BCUT2D eigenvalue weighted by Crippen LogP contribution is -2.21. The van der Waals surface area contributed by atoms with E-state index in [1.54, 1.807) is 20.4 Å². The number of ether oxygens (including phenoxy) is 2. The molecule has 9 nitrogen and oxygen atoms in total. The average molecular weight is 428 g/mol. The lowest BCUT2D eigenvalue weighted by Gasteiger charge is -2.10. The third-order valence-corrected chi connectivity index (χ3v) is 6.45. The first kappa shape index (κ1) is 18.6. The van der Waals surface area contributed by atoms with Crippen LogP contribution in [0.1, 0.15) is 23.5 Å². The maximum atomic E-state index is 12.9. The van der Waals surface area contributed by atoms with Crippen molar-refractivity contribution in [2.75, 3.05) is 24.9 Å². The Kier molecular flexibility index (Phi) is 3.89. The molecule has 9 heteroatoms. The second-order valence-electron chi connectivity index (χ2n) is 8.04. The van der Waals surface area contributed by atoms with E-state index in [4.69, 9.17) is 9.47 Å². The molecule has 3 heterocycles. The van der Waals surface area contributed by atoms with Crippen LogP contribution < -0.4 is 20.1 Å². The van der Waals surface area contributed by atoms with Gasteiger partial charge in [-0.15, -0.1) is 0 Å². The minimum Gasteiger partial charge on any atom is -0.497 e. The van der Waals surface area contributed by atoms with Crippen LogP contribution in [-0.4, -0.2) is 40.3 Å². The van der Waals surface area contributed by atoms with Gasteiger partial charge in [0.05, 0.1) is 31.3 Å². The van der Waals surface area contributed by atoms with Crippen LogP contribution in [0.15, 0.2) is 48.9 Å². The Hall–Kier alpha value is -4.14. The van der Waals surface area contributed by atoms with Gasteiger partial charge in [-0.25, -0.2) is 9.97 Å². The molecule has 160 valence electrons. The predicted octanol–water partition coefficient (Wildman–Crippen LogP) is 3.49. The van der Waals surface area contributed by atoms with Crippen molar-refractivity contribution in [3.63, 3.8) is 0 Å². The van der Waals surface area contributed by atoms with Crippen molar-refractivity contribution in [3.05, 3.63) is 60.0 Å². The summed E-state index contributed by atoms with van der Waals surface area (Å²) in [6.07, 6.45) is 3.81. The summed E-state index contributed by atoms with van der Waals surface area (Å²) in [5.74, 6) is 2.61. The highest BCUT2D eigenvalue weighted by Crippen LogP contribution is 2.65. The molecule has 0 saturated heterocycles. The van der Waals surface area contributed by atoms with E-state index in [9.17, 15) is 4.79 Å². The first-order valence-corrected chi connectivity index (χ1v) is 10.2. The fourth-order valence-corrected chi connectivity index (χ4v) is 4.72. The van der Waals surface area contributed by atoms with Gasteiger partial charge in [0.15, 0.2) is 17.4 Å². The third-order valence-electron chi connectivity index (χ3n) is 6.45. The monoisotopic (exact) mass is 428 g/mol. The zero-order chi connectivity index (χ0) is 21.9. The molecule has 0 radical (unpaired) electrons. The molecule has 1 aliphatic carbocycles. The molecule has 1 aliphatic heterocycles. The van der Waals surface area contributed by atoms with Crippen LogP contribution in [0, 0.1) is 0 Å². The number of nitrogens with zero attached hydrogens (tertiary/aromatic N) is 3. The Balaban J connectivity index is 1.33. The Morgan fingerprint density at radius 1 is 1.12 bits per heavy atom. The van der Waals surface area contributed by atoms with Gasteiger partial charge in [-0.05, 0) is 47.9 Å². The lowest BCUT2D eigenvalue weighted by molar-refractivity contribution is -0.118. The molecular formula is C23H20N6O3. The molecule has 2 atom stereocenters. The predicted molar refractivity (Wildman–Crippen MR) is 119 cm³/mol. The average Bonchev–Trinajstić information content (AvgIpc) is 3.38. The van der Waals surface area contributed by atoms with Gasteiger partial charge in [-0.3, -0.25) is 9.89 Å². The van der Waals surface area contributed by atoms with E-state index in [0.29, 0.717) is 17.4 Å². The summed E-state index contributed by atoms with van der Waals surface area (Å²) in [4.78, 5) is 21.1. The second-order valence-corrected chi connectivity index (χ2v) is 8.04. The van der Waals surface area contributed by atoms with Crippen molar-refractivity contribution in [2.45, 2.75) is 17.8 Å². The van der Waals surface area contributed by atoms with E-state index in [0.717, 1.165) is 39.9 Å². The van der Waals surface area contributed by atoms with Gasteiger partial charge in [0.1, 0.15) is 12.1 Å². The van der Waals surface area contributed by atoms with Gasteiger partial charge >= 0.3 is 0 Å². The second kappa shape index (κ2) is 6.68. The van der Waals surface area contributed by atoms with Crippen molar-refractivity contribution in [1.82, 2.24) is 20.2 Å². The van der Waals surface area contributed by atoms with E-state index in [2.05, 4.69) is 42.9 Å². The van der Waals surface area contributed by atoms with Gasteiger partial charge in [-0.2, -0.15) is 5.10 Å². The minimum atomic E-state index is -0.535. The van der Waals surface area contributed by atoms with Crippen molar-refractivity contribution in [2.24, 2.45) is 0 Å². The maximum absolute atomic E-state index is 12.9. The number of methoxy groups -OCH3 is 2. The first-order valence-electron chi connectivity index (χ1n) is 10.2. The van der Waals surface area contributed by atoms with Crippen LogP contribution in [0.2, 0.25) is 0 Å². The molecule has 2 aromatic carbocycles. The number of anilines is 3. The van der Waals surface area contributed by atoms with Crippen molar-refractivity contribution in [1.29, 1.82) is 0 Å². The molecule has 1 saturated carbocycles. The molecule has 1 amide bonds. The van der Waals surface area contributed by atoms with Crippen molar-refractivity contribution in [3.8, 4) is 11.5 Å². The molecule has 0 bridgehead atoms. The summed E-state index contributed by atoms with van der Waals surface area (Å²) in [5, 5.41) is 14.6. The Morgan fingerprint density at radius 3 is 2.88 bits per heavy atom. The highest BCUT2D eigenvalue weighted by Gasteiger charge is 2.65. The van der Waals surface area contributed by atoms with Crippen LogP contribution in [0.25, 0.3) is 10.9 Å². The van der Waals surface area contributed by atoms with Crippen LogP contribution in [0.3, 0.4) is 0 Å². The van der Waals surface area contributed by atoms with Crippen LogP contribution in [-0.2, 0) is 10.2 Å². The van der Waals surface area contributed by atoms with E-state index in [-0.39, 0.29) is 11.8 Å². The van der Waals surface area contributed by atoms with Crippen LogP contribution >= 0.6 is 0 Å². The first-order chi connectivity index (χ1) is 15.6. The Morgan fingerprint density at radius 2 is 2.03 bits per heavy atom. The van der Waals surface area contributed by atoms with E-state index in [1.807, 2.05) is 24.3 Å². The number of aromatic nitrogens is 4. The number of carbonyl (C=O) groups excluding carboxylic acids is 1. The maximum Gasteiger partial charge on any atom is 0.235 e. The number of H-pyrrole nitrogens is 1. The molecule has 0 unspecified atom stereocenters. The van der Waals surface area contributed by atoms with E-state index >= 15 is 0 Å². The van der Waals surface area contributed by atoms with Gasteiger partial charge < -0.3 is 20.1 Å². The summed E-state index contributed by atoms with van der Waals surface area (Å²) in [5.41, 5.74) is 3.32. The summed E-state index contributed by atoms with van der Waals surface area (Å²) in [6.45, 7) is 0. The zero-order valence-corrected chi connectivity index (χ0v) is 17.5. The number of nitrogens with one attached hydrogen (secondary N) is 3. The fourth-order valence-electron chi connectivity index (χ4n) is 4.72. The summed E-state index contributed by atoms with van der Waals surface area (Å²) in [6, 6.07) is 11.9. The number of rotatable bonds is 5. The van der Waals surface area contributed by atoms with Gasteiger partial charge in [-0.1, -0.05) is 6.07 Å². The molecule has 2 aromatic heterocycles. The largest absolute Gasteiger partial charge is 0.497 e. The quantitative estimate of drug-likeness (QED) is 0.446. The Bertz CT molecular complexity index is 1380. The molecule has 3 N–H and O–H groups in total. The third kappa shape index (κ3) is 2.57. The molecule has 1 fully saturated rings. The van der Waals surface area contributed by atoms with E-state index < -0.39 is 5.41 Å². The van der Waals surface area contributed by atoms with Gasteiger partial charge in [0, 0.05) is 17.0 Å². The number of amides is 1. The van der Waals surface area contributed by atoms with Gasteiger partial charge in [0.2, 0.25) is 5.91 Å². The Labute approximate surface area is 183 Å². The number of hydrogen-bond acceptors (Lipinski definition) is 7. The highest BCUT2D eigenvalue weighted by atomic mass is 16.5. The molecular weight excluding hydrogens is 408 g/mol. The smallest absolute Gasteiger partial charge is 0.235 e. The SMILES string of the molecule is COc1ccc2c(c1)[C@]1(C[C@H]1c1ccc3c(Nc4ncncc4OC)n[nH]c3c1)C(=O)N2. The summed E-state index contributed by atoms with van der Waals surface area (Å²) < 4.78 is 10.7. The van der Waals surface area contributed by atoms with Gasteiger partial charge in [0.25, 0.3) is 0 Å². The molecule has 1 spiro atoms. The molecule has 6 rings (SSSR count). The minimum absolute atomic E-state index is 0.0497. The lowest BCUT2D eigenvalue weighted by atomic mass is 9.91. The summed E-state index contributed by atoms with van der Waals surface area (Å²) in [7, 11) is 3.20. The highest BCUT2D eigenvalue weighted by molar-refractivity contribution is 6.10. The number of aromatic amines is 1. The normalized spacial score (nSPS) is 20.8. The number of fused-ring (bicyclic) bond motifs is 3. The number of hydrogen-bond donors (Lipinski definition) is 3. The topological polar surface area (TPSA) is 114 Å². The molecule has 4 aromatic rings. The van der Waals surface area contributed by atoms with E-state index in [1.165, 1.54) is 6.33 Å². The summed E-state index contributed by atoms with van der Waals surface area (Å²) >= 11 is 0. The van der Waals surface area contributed by atoms with Crippen LogP contribution in [0.4, 0.5) is 17.3 Å². The van der Waals surface area contributed by atoms with Crippen molar-refractivity contribution >= 4 is 34.1 Å². The zero-order valence-electron chi connectivity index (χ0n) is 17.5.